The van der Waals surface area contributed by atoms with Crippen molar-refractivity contribution in [1.29, 1.82) is 0 Å². The van der Waals surface area contributed by atoms with Crippen LogP contribution < -0.4 is 10.1 Å². The second-order valence-electron chi connectivity index (χ2n) is 7.24. The number of carbonyl (C=O) groups excluding carboxylic acids is 1. The molecule has 0 saturated heterocycles. The van der Waals surface area contributed by atoms with Crippen LogP contribution in [0.5, 0.6) is 5.88 Å². The van der Waals surface area contributed by atoms with E-state index in [0.717, 1.165) is 10.8 Å². The van der Waals surface area contributed by atoms with E-state index in [1.54, 1.807) is 29.6 Å². The van der Waals surface area contributed by atoms with Crippen molar-refractivity contribution in [2.75, 3.05) is 13.2 Å². The summed E-state index contributed by atoms with van der Waals surface area (Å²) in [6, 6.07) is 12.7. The summed E-state index contributed by atoms with van der Waals surface area (Å²) in [5.41, 5.74) is 2.11. The van der Waals surface area contributed by atoms with Crippen molar-refractivity contribution in [3.63, 3.8) is 0 Å². The number of nitrogens with one attached hydrogen (secondary N) is 1. The number of aliphatic hydroxyl groups excluding tert-OH is 1. The van der Waals surface area contributed by atoms with E-state index in [2.05, 4.69) is 30.8 Å². The fourth-order valence-electron chi connectivity index (χ4n) is 3.35. The van der Waals surface area contributed by atoms with Crippen molar-refractivity contribution in [2.24, 2.45) is 0 Å². The number of rotatable bonds is 7. The third-order valence-electron chi connectivity index (χ3n) is 4.93. The number of hydrogen-bond donors (Lipinski definition) is 2. The van der Waals surface area contributed by atoms with E-state index in [-0.39, 0.29) is 25.7 Å². The third-order valence-corrected chi connectivity index (χ3v) is 4.93. The fourth-order valence-corrected chi connectivity index (χ4v) is 3.35. The van der Waals surface area contributed by atoms with Crippen LogP contribution in [0.2, 0.25) is 0 Å². The lowest BCUT2D eigenvalue weighted by molar-refractivity contribution is 0.0944. The first-order valence-corrected chi connectivity index (χ1v) is 10.2. The minimum atomic E-state index is -0.301. The molecule has 5 aromatic rings. The van der Waals surface area contributed by atoms with Crippen molar-refractivity contribution in [2.45, 2.75) is 13.5 Å². The Hall–Kier alpha value is -4.38. The van der Waals surface area contributed by atoms with E-state index in [9.17, 15) is 4.79 Å². The van der Waals surface area contributed by atoms with Crippen LogP contribution in [0.25, 0.3) is 27.9 Å². The van der Waals surface area contributed by atoms with Crippen molar-refractivity contribution in [3.8, 4) is 17.4 Å². The smallest absolute Gasteiger partial charge is 0.252 e. The summed E-state index contributed by atoms with van der Waals surface area (Å²) in [6.07, 6.45) is 1.46. The molecule has 1 amide bonds. The van der Waals surface area contributed by atoms with Crippen LogP contribution in [0, 0.1) is 6.92 Å². The molecule has 0 bridgehead atoms. The molecule has 2 N–H and O–H groups in total. The van der Waals surface area contributed by atoms with E-state index in [0.29, 0.717) is 40.1 Å². The number of aromatic nitrogens is 6. The number of ether oxygens (including phenoxy) is 1. The van der Waals surface area contributed by atoms with Gasteiger partial charge in [0.1, 0.15) is 12.4 Å². The molecule has 0 aliphatic heterocycles. The van der Waals surface area contributed by atoms with Gasteiger partial charge < -0.3 is 19.7 Å². The predicted molar refractivity (Wildman–Crippen MR) is 117 cm³/mol. The Morgan fingerprint density at radius 1 is 1.18 bits per heavy atom. The highest BCUT2D eigenvalue weighted by Gasteiger charge is 2.18. The van der Waals surface area contributed by atoms with Gasteiger partial charge in [-0.2, -0.15) is 4.52 Å². The number of nitrogens with zero attached hydrogens (tertiary/aromatic N) is 6. The van der Waals surface area contributed by atoms with E-state index in [4.69, 9.17) is 14.4 Å². The van der Waals surface area contributed by atoms with Gasteiger partial charge in [-0.1, -0.05) is 23.4 Å². The normalized spacial score (nSPS) is 11.2. The summed E-state index contributed by atoms with van der Waals surface area (Å²) >= 11 is 0. The van der Waals surface area contributed by atoms with Crippen molar-refractivity contribution in [3.05, 3.63) is 65.7 Å². The molecule has 0 saturated carbocycles. The number of carbonyl (C=O) groups is 1. The summed E-state index contributed by atoms with van der Waals surface area (Å²) in [5, 5.41) is 30.2. The summed E-state index contributed by atoms with van der Waals surface area (Å²) in [5.74, 6) is 1.17. The van der Waals surface area contributed by atoms with Crippen LogP contribution in [0.4, 0.5) is 0 Å². The minimum Gasteiger partial charge on any atom is -0.470 e. The molecule has 0 atom stereocenters. The predicted octanol–water partition coefficient (Wildman–Crippen LogP) is 1.94. The largest absolute Gasteiger partial charge is 0.470 e. The summed E-state index contributed by atoms with van der Waals surface area (Å²) in [4.78, 5) is 16.3. The molecule has 0 radical (unpaired) electrons. The topological polar surface area (TPSA) is 141 Å². The van der Waals surface area contributed by atoms with E-state index in [1.807, 2.05) is 24.3 Å². The Labute approximate surface area is 187 Å². The molecule has 0 spiro atoms. The van der Waals surface area contributed by atoms with Crippen LogP contribution >= 0.6 is 0 Å². The van der Waals surface area contributed by atoms with Gasteiger partial charge in [0.25, 0.3) is 5.91 Å². The minimum absolute atomic E-state index is 0.124. The highest BCUT2D eigenvalue weighted by Crippen LogP contribution is 2.29. The van der Waals surface area contributed by atoms with Crippen LogP contribution in [0.15, 0.2) is 53.2 Å². The highest BCUT2D eigenvalue weighted by molar-refractivity contribution is 5.97. The summed E-state index contributed by atoms with van der Waals surface area (Å²) < 4.78 is 12.8. The highest BCUT2D eigenvalue weighted by atomic mass is 16.5. The van der Waals surface area contributed by atoms with Gasteiger partial charge in [-0.25, -0.2) is 0 Å². The number of fused-ring (bicyclic) bond motifs is 3. The molecule has 4 aromatic heterocycles. The zero-order valence-electron chi connectivity index (χ0n) is 17.6. The SMILES string of the molecule is Cc1cc(-c2nnc3c4ccccc4c(OCc4ccc(C(=O)NCCO)cn4)nn23)no1. The Morgan fingerprint density at radius 3 is 2.76 bits per heavy atom. The molecule has 11 nitrogen and oxygen atoms in total. The fraction of sp³-hybridized carbons (Fsp3) is 0.182. The summed E-state index contributed by atoms with van der Waals surface area (Å²) in [6.45, 7) is 2.00. The molecule has 0 unspecified atom stereocenters. The van der Waals surface area contributed by atoms with Crippen LogP contribution in [-0.2, 0) is 6.61 Å². The second kappa shape index (κ2) is 8.63. The number of aliphatic hydroxyl groups is 1. The molecular formula is C22H19N7O4. The van der Waals surface area contributed by atoms with Gasteiger partial charge >= 0.3 is 0 Å². The lowest BCUT2D eigenvalue weighted by atomic mass is 10.2. The molecule has 33 heavy (non-hydrogen) atoms. The number of amides is 1. The van der Waals surface area contributed by atoms with Crippen molar-refractivity contribution in [1.82, 2.24) is 35.3 Å². The van der Waals surface area contributed by atoms with Gasteiger partial charge in [0.15, 0.2) is 11.3 Å². The van der Waals surface area contributed by atoms with Gasteiger partial charge in [0.2, 0.25) is 11.7 Å². The average molecular weight is 445 g/mol. The molecule has 0 aliphatic carbocycles. The zero-order valence-corrected chi connectivity index (χ0v) is 17.6. The molecule has 0 fully saturated rings. The number of aryl methyl sites for hydroxylation is 1. The molecule has 0 aliphatic rings. The lowest BCUT2D eigenvalue weighted by Crippen LogP contribution is -2.26. The van der Waals surface area contributed by atoms with E-state index < -0.39 is 0 Å². The maximum atomic E-state index is 12.0. The monoisotopic (exact) mass is 445 g/mol. The average Bonchev–Trinajstić information content (AvgIpc) is 3.47. The number of benzene rings is 1. The Bertz CT molecular complexity index is 1440. The molecule has 5 rings (SSSR count). The number of hydrogen-bond acceptors (Lipinski definition) is 9. The summed E-state index contributed by atoms with van der Waals surface area (Å²) in [7, 11) is 0. The molecule has 11 heteroatoms. The molecule has 166 valence electrons. The maximum Gasteiger partial charge on any atom is 0.252 e. The maximum absolute atomic E-state index is 12.0. The first-order chi connectivity index (χ1) is 16.1. The molecule has 4 heterocycles. The quantitative estimate of drug-likeness (QED) is 0.384. The van der Waals surface area contributed by atoms with Gasteiger partial charge in [-0.05, 0) is 25.1 Å². The van der Waals surface area contributed by atoms with Gasteiger partial charge in [0.05, 0.1) is 17.9 Å². The molecular weight excluding hydrogens is 426 g/mol. The zero-order chi connectivity index (χ0) is 22.8. The van der Waals surface area contributed by atoms with Crippen LogP contribution in [-0.4, -0.2) is 54.1 Å². The van der Waals surface area contributed by atoms with Gasteiger partial charge in [-0.15, -0.1) is 15.3 Å². The van der Waals surface area contributed by atoms with E-state index >= 15 is 0 Å². The lowest BCUT2D eigenvalue weighted by Gasteiger charge is -2.10. The van der Waals surface area contributed by atoms with Gasteiger partial charge in [-0.3, -0.25) is 9.78 Å². The number of pyridine rings is 1. The first kappa shape index (κ1) is 20.5. The van der Waals surface area contributed by atoms with Crippen LogP contribution in [0.1, 0.15) is 21.8 Å². The van der Waals surface area contributed by atoms with Gasteiger partial charge in [0, 0.05) is 29.6 Å². The first-order valence-electron chi connectivity index (χ1n) is 10.2. The Morgan fingerprint density at radius 2 is 2.03 bits per heavy atom. The third kappa shape index (κ3) is 3.96. The molecule has 1 aromatic carbocycles. The van der Waals surface area contributed by atoms with Crippen molar-refractivity contribution >= 4 is 22.3 Å². The second-order valence-corrected chi connectivity index (χ2v) is 7.24. The van der Waals surface area contributed by atoms with E-state index in [1.165, 1.54) is 6.20 Å². The van der Waals surface area contributed by atoms with Crippen molar-refractivity contribution < 1.29 is 19.2 Å². The standard InChI is InChI=1S/C22H19N7O4/c1-13-10-18(28-33-13)20-26-25-19-16-4-2-3-5-17(16)22(27-29(19)20)32-12-15-7-6-14(11-24-15)21(31)23-8-9-30/h2-7,10-11,30H,8-9,12H2,1H3,(H,23,31). The van der Waals surface area contributed by atoms with Crippen LogP contribution in [0.3, 0.4) is 0 Å². The Balaban J connectivity index is 1.45. The Kier molecular flexibility index (Phi) is 5.37.